The maximum absolute atomic E-state index is 12.4. The number of carbonyl (C=O) groups is 2. The van der Waals surface area contributed by atoms with Gasteiger partial charge in [0.25, 0.3) is 11.5 Å². The molecule has 1 aliphatic heterocycles. The van der Waals surface area contributed by atoms with Gasteiger partial charge in [-0.2, -0.15) is 0 Å². The number of nitrogens with zero attached hydrogens (tertiary/aromatic N) is 1. The number of esters is 2. The Morgan fingerprint density at radius 3 is 2.28 bits per heavy atom. The zero-order valence-corrected chi connectivity index (χ0v) is 16.9. The van der Waals surface area contributed by atoms with Gasteiger partial charge in [-0.25, -0.2) is 9.59 Å². The number of nitro groups is 1. The number of benzene rings is 1. The minimum absolute atomic E-state index is 0.151. The van der Waals surface area contributed by atoms with E-state index in [1.54, 1.807) is 20.8 Å². The average Bonchev–Trinajstić information content (AvgIpc) is 3.06. The molecule has 0 bridgehead atoms. The average molecular weight is 420 g/mol. The molecule has 0 atom stereocenters. The van der Waals surface area contributed by atoms with Crippen LogP contribution in [0.1, 0.15) is 33.5 Å². The zero-order valence-electron chi connectivity index (χ0n) is 16.1. The lowest BCUT2D eigenvalue weighted by atomic mass is 9.86. The number of non-ortho nitro benzene ring substituents is 1. The summed E-state index contributed by atoms with van der Waals surface area (Å²) in [4.78, 5) is 35.2. The summed E-state index contributed by atoms with van der Waals surface area (Å²) in [6.45, 7) is 6.87. The highest BCUT2D eigenvalue weighted by Crippen LogP contribution is 2.39. The molecule has 0 spiro atoms. The number of hydrogen-bond acceptors (Lipinski definition) is 7. The summed E-state index contributed by atoms with van der Waals surface area (Å²) in [6, 6.07) is 6.96. The van der Waals surface area contributed by atoms with Crippen LogP contribution in [0.15, 0.2) is 40.3 Å². The van der Waals surface area contributed by atoms with Gasteiger partial charge in [-0.1, -0.05) is 32.4 Å². The Balaban J connectivity index is 1.92. The minimum Gasteiger partial charge on any atom is -0.457 e. The van der Waals surface area contributed by atoms with Crippen LogP contribution in [-0.4, -0.2) is 22.6 Å². The SMILES string of the molecule is CC(C)(C)C1(C)OC(=O)C(=Cc2ccc(-c3cc([N+](=O)[O-])ccc3Cl)o2)C(=O)O1. The first-order chi connectivity index (χ1) is 13.4. The van der Waals surface area contributed by atoms with Gasteiger partial charge in [-0.05, 0) is 18.2 Å². The second-order valence-electron chi connectivity index (χ2n) is 7.66. The number of halogens is 1. The molecule has 29 heavy (non-hydrogen) atoms. The Morgan fingerprint density at radius 1 is 1.10 bits per heavy atom. The van der Waals surface area contributed by atoms with Gasteiger partial charge >= 0.3 is 11.9 Å². The van der Waals surface area contributed by atoms with Gasteiger partial charge in [0.15, 0.2) is 0 Å². The molecule has 9 heteroatoms. The van der Waals surface area contributed by atoms with Crippen molar-refractivity contribution >= 4 is 35.3 Å². The Labute approximate surface area is 171 Å². The van der Waals surface area contributed by atoms with Crippen molar-refractivity contribution in [2.24, 2.45) is 5.41 Å². The lowest BCUT2D eigenvalue weighted by molar-refractivity contribution is -0.384. The Morgan fingerprint density at radius 2 is 1.72 bits per heavy atom. The third-order valence-corrected chi connectivity index (χ3v) is 5.05. The lowest BCUT2D eigenvalue weighted by Gasteiger charge is -2.42. The van der Waals surface area contributed by atoms with Crippen molar-refractivity contribution in [1.82, 2.24) is 0 Å². The third-order valence-electron chi connectivity index (χ3n) is 4.72. The van der Waals surface area contributed by atoms with Gasteiger partial charge in [-0.15, -0.1) is 0 Å². The lowest BCUT2D eigenvalue weighted by Crippen LogP contribution is -2.52. The molecular weight excluding hydrogens is 402 g/mol. The fourth-order valence-electron chi connectivity index (χ4n) is 2.53. The van der Waals surface area contributed by atoms with E-state index in [9.17, 15) is 19.7 Å². The van der Waals surface area contributed by atoms with Gasteiger partial charge in [0.2, 0.25) is 0 Å². The summed E-state index contributed by atoms with van der Waals surface area (Å²) in [5.41, 5.74) is -0.792. The van der Waals surface area contributed by atoms with E-state index in [1.807, 2.05) is 0 Å². The predicted molar refractivity (Wildman–Crippen MR) is 104 cm³/mol. The van der Waals surface area contributed by atoms with E-state index in [4.69, 9.17) is 25.5 Å². The smallest absolute Gasteiger partial charge is 0.349 e. The van der Waals surface area contributed by atoms with Gasteiger partial charge in [0, 0.05) is 36.1 Å². The van der Waals surface area contributed by atoms with E-state index in [1.165, 1.54) is 43.3 Å². The Kier molecular flexibility index (Phi) is 5.00. The normalized spacial score (nSPS) is 19.6. The molecule has 1 aromatic carbocycles. The highest BCUT2D eigenvalue weighted by molar-refractivity contribution is 6.33. The largest absolute Gasteiger partial charge is 0.457 e. The van der Waals surface area contributed by atoms with E-state index in [2.05, 4.69) is 0 Å². The van der Waals surface area contributed by atoms with Crippen molar-refractivity contribution in [3.8, 4) is 11.3 Å². The first kappa shape index (κ1) is 20.6. The van der Waals surface area contributed by atoms with Crippen molar-refractivity contribution < 1.29 is 28.4 Å². The number of rotatable bonds is 3. The number of hydrogen-bond donors (Lipinski definition) is 0. The molecule has 0 amide bonds. The quantitative estimate of drug-likeness (QED) is 0.232. The Bertz CT molecular complexity index is 1030. The number of carbonyl (C=O) groups excluding carboxylic acids is 2. The second kappa shape index (κ2) is 7.04. The molecule has 0 unspecified atom stereocenters. The maximum atomic E-state index is 12.4. The molecule has 1 aliphatic rings. The Hall–Kier alpha value is -3.13. The maximum Gasteiger partial charge on any atom is 0.349 e. The molecule has 0 aliphatic carbocycles. The van der Waals surface area contributed by atoms with Crippen LogP contribution in [0.5, 0.6) is 0 Å². The molecular formula is C20H18ClNO7. The first-order valence-electron chi connectivity index (χ1n) is 8.64. The molecule has 1 aromatic heterocycles. The molecule has 1 saturated heterocycles. The van der Waals surface area contributed by atoms with Gasteiger partial charge < -0.3 is 13.9 Å². The molecule has 8 nitrogen and oxygen atoms in total. The monoisotopic (exact) mass is 419 g/mol. The third kappa shape index (κ3) is 3.88. The summed E-state index contributed by atoms with van der Waals surface area (Å²) in [7, 11) is 0. The molecule has 1 fully saturated rings. The first-order valence-corrected chi connectivity index (χ1v) is 9.01. The van der Waals surface area contributed by atoms with Gasteiger partial charge in [-0.3, -0.25) is 10.1 Å². The van der Waals surface area contributed by atoms with E-state index in [0.717, 1.165) is 0 Å². The minimum atomic E-state index is -1.40. The summed E-state index contributed by atoms with van der Waals surface area (Å²) >= 11 is 6.11. The van der Waals surface area contributed by atoms with Gasteiger partial charge in [0.1, 0.15) is 17.1 Å². The second-order valence-corrected chi connectivity index (χ2v) is 8.06. The van der Waals surface area contributed by atoms with Crippen LogP contribution in [0.25, 0.3) is 17.4 Å². The van der Waals surface area contributed by atoms with Crippen molar-refractivity contribution in [2.45, 2.75) is 33.5 Å². The number of ether oxygens (including phenoxy) is 2. The number of furan rings is 1. The van der Waals surface area contributed by atoms with Crippen LogP contribution < -0.4 is 0 Å². The van der Waals surface area contributed by atoms with Crippen LogP contribution in [0.3, 0.4) is 0 Å². The van der Waals surface area contributed by atoms with E-state index < -0.39 is 28.1 Å². The summed E-state index contributed by atoms with van der Waals surface area (Å²) < 4.78 is 16.3. The van der Waals surface area contributed by atoms with E-state index in [-0.39, 0.29) is 27.8 Å². The molecule has 0 radical (unpaired) electrons. The van der Waals surface area contributed by atoms with Crippen molar-refractivity contribution in [3.63, 3.8) is 0 Å². The standard InChI is InChI=1S/C20H18ClNO7/c1-19(2,3)20(4)28-17(23)14(18(24)29-20)10-12-6-8-16(27-12)13-9-11(22(25)26)5-7-15(13)21/h5-10H,1-4H3. The summed E-state index contributed by atoms with van der Waals surface area (Å²) in [5.74, 6) is -2.66. The molecule has 2 aromatic rings. The van der Waals surface area contributed by atoms with Crippen LogP contribution in [0.2, 0.25) is 5.02 Å². The number of nitro benzene ring substituents is 1. The van der Waals surface area contributed by atoms with Crippen LogP contribution >= 0.6 is 11.6 Å². The highest BCUT2D eigenvalue weighted by atomic mass is 35.5. The fraction of sp³-hybridized carbons (Fsp3) is 0.300. The molecule has 3 rings (SSSR count). The predicted octanol–water partition coefficient (Wildman–Crippen LogP) is 4.75. The molecule has 2 heterocycles. The van der Waals surface area contributed by atoms with Crippen LogP contribution in [0.4, 0.5) is 5.69 Å². The fourth-order valence-corrected chi connectivity index (χ4v) is 2.74. The van der Waals surface area contributed by atoms with Crippen molar-refractivity contribution in [3.05, 3.63) is 56.8 Å². The van der Waals surface area contributed by atoms with Crippen molar-refractivity contribution in [2.75, 3.05) is 0 Å². The van der Waals surface area contributed by atoms with E-state index >= 15 is 0 Å². The van der Waals surface area contributed by atoms with Crippen LogP contribution in [-0.2, 0) is 19.1 Å². The highest BCUT2D eigenvalue weighted by Gasteiger charge is 2.50. The summed E-state index contributed by atoms with van der Waals surface area (Å²) in [5, 5.41) is 11.2. The van der Waals surface area contributed by atoms with E-state index in [0.29, 0.717) is 5.56 Å². The van der Waals surface area contributed by atoms with Crippen molar-refractivity contribution in [1.29, 1.82) is 0 Å². The number of cyclic esters (lactones) is 2. The summed E-state index contributed by atoms with van der Waals surface area (Å²) in [6.07, 6.45) is 1.20. The topological polar surface area (TPSA) is 109 Å². The molecule has 0 N–H and O–H groups in total. The zero-order chi connectivity index (χ0) is 21.6. The van der Waals surface area contributed by atoms with Crippen LogP contribution in [0, 0.1) is 15.5 Å². The van der Waals surface area contributed by atoms with Gasteiger partial charge in [0.05, 0.1) is 9.95 Å². The molecule has 152 valence electrons. The molecule has 0 saturated carbocycles.